The number of amides is 1. The summed E-state index contributed by atoms with van der Waals surface area (Å²) in [5.41, 5.74) is -0.614. The zero-order valence-electron chi connectivity index (χ0n) is 9.56. The van der Waals surface area contributed by atoms with Crippen LogP contribution in [0.15, 0.2) is 30.3 Å². The molecule has 0 aliphatic carbocycles. The van der Waals surface area contributed by atoms with Crippen LogP contribution in [0.25, 0.3) is 0 Å². The third-order valence-electron chi connectivity index (χ3n) is 1.99. The molecule has 88 valence electrons. The SMILES string of the molecule is CC(C)(CO)NC(=O)COc1ccccc1. The van der Waals surface area contributed by atoms with Gasteiger partial charge >= 0.3 is 0 Å². The first-order chi connectivity index (χ1) is 7.53. The number of aliphatic hydroxyl groups is 1. The van der Waals surface area contributed by atoms with E-state index in [-0.39, 0.29) is 19.1 Å². The van der Waals surface area contributed by atoms with Crippen molar-refractivity contribution in [1.29, 1.82) is 0 Å². The Morgan fingerprint density at radius 2 is 2.00 bits per heavy atom. The predicted molar refractivity (Wildman–Crippen MR) is 61.2 cm³/mol. The van der Waals surface area contributed by atoms with E-state index in [1.807, 2.05) is 18.2 Å². The molecule has 0 unspecified atom stereocenters. The summed E-state index contributed by atoms with van der Waals surface area (Å²) in [7, 11) is 0. The molecule has 1 aromatic rings. The maximum atomic E-state index is 11.4. The molecule has 0 aliphatic rings. The molecule has 0 aliphatic heterocycles. The summed E-state index contributed by atoms with van der Waals surface area (Å²) in [6, 6.07) is 9.12. The average molecular weight is 223 g/mol. The Balaban J connectivity index is 2.36. The van der Waals surface area contributed by atoms with Crippen LogP contribution in [-0.4, -0.2) is 29.8 Å². The van der Waals surface area contributed by atoms with E-state index in [2.05, 4.69) is 5.32 Å². The summed E-state index contributed by atoms with van der Waals surface area (Å²) < 4.78 is 5.26. The Bertz CT molecular complexity index is 335. The Morgan fingerprint density at radius 1 is 1.38 bits per heavy atom. The first kappa shape index (κ1) is 12.5. The van der Waals surface area contributed by atoms with Gasteiger partial charge in [0.25, 0.3) is 5.91 Å². The molecular weight excluding hydrogens is 206 g/mol. The molecule has 4 heteroatoms. The van der Waals surface area contributed by atoms with Crippen LogP contribution in [-0.2, 0) is 4.79 Å². The van der Waals surface area contributed by atoms with Crippen LogP contribution in [0.1, 0.15) is 13.8 Å². The van der Waals surface area contributed by atoms with Crippen LogP contribution < -0.4 is 10.1 Å². The maximum Gasteiger partial charge on any atom is 0.258 e. The molecule has 4 nitrogen and oxygen atoms in total. The van der Waals surface area contributed by atoms with Crippen molar-refractivity contribution in [3.8, 4) is 5.75 Å². The molecule has 0 aromatic heterocycles. The molecule has 1 rings (SSSR count). The summed E-state index contributed by atoms with van der Waals surface area (Å²) in [5, 5.41) is 11.6. The molecule has 0 saturated carbocycles. The average Bonchev–Trinajstić information content (AvgIpc) is 2.27. The molecule has 1 amide bonds. The van der Waals surface area contributed by atoms with Crippen LogP contribution in [0.3, 0.4) is 0 Å². The van der Waals surface area contributed by atoms with E-state index in [1.54, 1.807) is 26.0 Å². The highest BCUT2D eigenvalue weighted by atomic mass is 16.5. The minimum Gasteiger partial charge on any atom is -0.484 e. The van der Waals surface area contributed by atoms with Crippen molar-refractivity contribution in [2.75, 3.05) is 13.2 Å². The van der Waals surface area contributed by atoms with Crippen LogP contribution >= 0.6 is 0 Å². The summed E-state index contributed by atoms with van der Waals surface area (Å²) in [6.45, 7) is 3.33. The van der Waals surface area contributed by atoms with Gasteiger partial charge in [0.15, 0.2) is 6.61 Å². The van der Waals surface area contributed by atoms with E-state index >= 15 is 0 Å². The molecule has 0 atom stereocenters. The number of nitrogens with one attached hydrogen (secondary N) is 1. The zero-order valence-corrected chi connectivity index (χ0v) is 9.56. The lowest BCUT2D eigenvalue weighted by Gasteiger charge is -2.23. The molecule has 1 aromatic carbocycles. The van der Waals surface area contributed by atoms with E-state index in [4.69, 9.17) is 9.84 Å². The van der Waals surface area contributed by atoms with Crippen LogP contribution in [0, 0.1) is 0 Å². The Hall–Kier alpha value is -1.55. The van der Waals surface area contributed by atoms with Gasteiger partial charge in [-0.3, -0.25) is 4.79 Å². The second-order valence-corrected chi connectivity index (χ2v) is 4.19. The van der Waals surface area contributed by atoms with Gasteiger partial charge in [0.2, 0.25) is 0 Å². The van der Waals surface area contributed by atoms with Gasteiger partial charge in [0, 0.05) is 0 Å². The second kappa shape index (κ2) is 5.51. The van der Waals surface area contributed by atoms with Gasteiger partial charge in [-0.1, -0.05) is 18.2 Å². The Labute approximate surface area is 95.2 Å². The van der Waals surface area contributed by atoms with Gasteiger partial charge < -0.3 is 15.2 Å². The Kier molecular flexibility index (Phi) is 4.31. The maximum absolute atomic E-state index is 11.4. The lowest BCUT2D eigenvalue weighted by atomic mass is 10.1. The van der Waals surface area contributed by atoms with Crippen molar-refractivity contribution in [2.24, 2.45) is 0 Å². The van der Waals surface area contributed by atoms with Crippen LogP contribution in [0.5, 0.6) is 5.75 Å². The number of ether oxygens (including phenoxy) is 1. The molecule has 16 heavy (non-hydrogen) atoms. The zero-order chi connectivity index (χ0) is 12.0. The van der Waals surface area contributed by atoms with Crippen molar-refractivity contribution in [3.63, 3.8) is 0 Å². The highest BCUT2D eigenvalue weighted by molar-refractivity contribution is 5.78. The van der Waals surface area contributed by atoms with Crippen LogP contribution in [0.2, 0.25) is 0 Å². The third kappa shape index (κ3) is 4.31. The highest BCUT2D eigenvalue weighted by Crippen LogP contribution is 2.08. The van der Waals surface area contributed by atoms with Crippen LogP contribution in [0.4, 0.5) is 0 Å². The standard InChI is InChI=1S/C12H17NO3/c1-12(2,9-14)13-11(15)8-16-10-6-4-3-5-7-10/h3-7,14H,8-9H2,1-2H3,(H,13,15). The molecule has 2 N–H and O–H groups in total. The Morgan fingerprint density at radius 3 is 2.56 bits per heavy atom. The smallest absolute Gasteiger partial charge is 0.258 e. The molecule has 0 radical (unpaired) electrons. The number of para-hydroxylation sites is 1. The fourth-order valence-electron chi connectivity index (χ4n) is 1.12. The van der Waals surface area contributed by atoms with Gasteiger partial charge in [-0.15, -0.1) is 0 Å². The molecule has 0 spiro atoms. The van der Waals surface area contributed by atoms with Gasteiger partial charge in [0.05, 0.1) is 12.1 Å². The third-order valence-corrected chi connectivity index (χ3v) is 1.99. The summed E-state index contributed by atoms with van der Waals surface area (Å²) >= 11 is 0. The van der Waals surface area contributed by atoms with E-state index in [0.29, 0.717) is 5.75 Å². The van der Waals surface area contributed by atoms with E-state index in [1.165, 1.54) is 0 Å². The molecule has 0 fully saturated rings. The first-order valence-electron chi connectivity index (χ1n) is 5.13. The summed E-state index contributed by atoms with van der Waals surface area (Å²) in [4.78, 5) is 11.4. The first-order valence-corrected chi connectivity index (χ1v) is 5.13. The number of benzene rings is 1. The molecule has 0 bridgehead atoms. The van der Waals surface area contributed by atoms with E-state index < -0.39 is 5.54 Å². The number of carbonyl (C=O) groups excluding carboxylic acids is 1. The van der Waals surface area contributed by atoms with Crippen molar-refractivity contribution >= 4 is 5.91 Å². The fourth-order valence-corrected chi connectivity index (χ4v) is 1.12. The minimum absolute atomic E-state index is 0.0482. The number of hydrogen-bond donors (Lipinski definition) is 2. The lowest BCUT2D eigenvalue weighted by molar-refractivity contribution is -0.125. The minimum atomic E-state index is -0.614. The highest BCUT2D eigenvalue weighted by Gasteiger charge is 2.18. The van der Waals surface area contributed by atoms with E-state index in [9.17, 15) is 4.79 Å². The van der Waals surface area contributed by atoms with Crippen molar-refractivity contribution < 1.29 is 14.6 Å². The number of hydrogen-bond acceptors (Lipinski definition) is 3. The van der Waals surface area contributed by atoms with Gasteiger partial charge in [0.1, 0.15) is 5.75 Å². The molecular formula is C12H17NO3. The normalized spacial score (nSPS) is 10.9. The van der Waals surface area contributed by atoms with Gasteiger partial charge in [-0.05, 0) is 26.0 Å². The van der Waals surface area contributed by atoms with E-state index in [0.717, 1.165) is 0 Å². The van der Waals surface area contributed by atoms with Gasteiger partial charge in [-0.25, -0.2) is 0 Å². The van der Waals surface area contributed by atoms with Crippen molar-refractivity contribution in [2.45, 2.75) is 19.4 Å². The largest absolute Gasteiger partial charge is 0.484 e. The summed E-state index contributed by atoms with van der Waals surface area (Å²) in [6.07, 6.45) is 0. The van der Waals surface area contributed by atoms with Crippen molar-refractivity contribution in [1.82, 2.24) is 5.32 Å². The number of carbonyl (C=O) groups is 1. The topological polar surface area (TPSA) is 58.6 Å². The predicted octanol–water partition coefficient (Wildman–Crippen LogP) is 0.952. The molecule has 0 saturated heterocycles. The molecule has 0 heterocycles. The second-order valence-electron chi connectivity index (χ2n) is 4.19. The quantitative estimate of drug-likeness (QED) is 0.781. The fraction of sp³-hybridized carbons (Fsp3) is 0.417. The number of aliphatic hydroxyl groups excluding tert-OH is 1. The monoisotopic (exact) mass is 223 g/mol. The van der Waals surface area contributed by atoms with Gasteiger partial charge in [-0.2, -0.15) is 0 Å². The number of rotatable bonds is 5. The summed E-state index contributed by atoms with van der Waals surface area (Å²) in [5.74, 6) is 0.405. The lowest BCUT2D eigenvalue weighted by Crippen LogP contribution is -2.48. The van der Waals surface area contributed by atoms with Crippen molar-refractivity contribution in [3.05, 3.63) is 30.3 Å².